The van der Waals surface area contributed by atoms with Gasteiger partial charge in [-0.1, -0.05) is 11.6 Å². The molecule has 2 unspecified atom stereocenters. The van der Waals surface area contributed by atoms with E-state index in [-0.39, 0.29) is 17.8 Å². The van der Waals surface area contributed by atoms with Crippen molar-refractivity contribution in [1.82, 2.24) is 4.90 Å². The molecule has 21 heavy (non-hydrogen) atoms. The van der Waals surface area contributed by atoms with Crippen LogP contribution in [0.25, 0.3) is 0 Å². The van der Waals surface area contributed by atoms with Crippen molar-refractivity contribution in [3.05, 3.63) is 28.3 Å². The van der Waals surface area contributed by atoms with Gasteiger partial charge in [-0.15, -0.1) is 0 Å². The fraction of sp³-hybridized carbons (Fsp3) is 0.533. The van der Waals surface area contributed by atoms with Gasteiger partial charge < -0.3 is 14.6 Å². The fourth-order valence-electron chi connectivity index (χ4n) is 2.82. The van der Waals surface area contributed by atoms with E-state index >= 15 is 0 Å². The van der Waals surface area contributed by atoms with E-state index < -0.39 is 5.97 Å². The zero-order valence-electron chi connectivity index (χ0n) is 12.4. The lowest BCUT2D eigenvalue weighted by Gasteiger charge is -2.35. The molecule has 2 atom stereocenters. The Labute approximate surface area is 129 Å². The number of morpholine rings is 1. The van der Waals surface area contributed by atoms with Crippen molar-refractivity contribution in [2.45, 2.75) is 32.6 Å². The number of methoxy groups -OCH3 is 1. The van der Waals surface area contributed by atoms with E-state index in [9.17, 15) is 9.90 Å². The summed E-state index contributed by atoms with van der Waals surface area (Å²) in [7, 11) is 1.48. The summed E-state index contributed by atoms with van der Waals surface area (Å²) in [5.41, 5.74) is 0.873. The molecular formula is C15H20ClNO4. The number of carbonyl (C=O) groups is 1. The Kier molecular flexibility index (Phi) is 5.08. The minimum atomic E-state index is -1.04. The zero-order chi connectivity index (χ0) is 15.6. The van der Waals surface area contributed by atoms with Crippen LogP contribution < -0.4 is 4.74 Å². The van der Waals surface area contributed by atoms with Crippen molar-refractivity contribution >= 4 is 17.6 Å². The molecule has 0 bridgehead atoms. The van der Waals surface area contributed by atoms with Gasteiger partial charge in [0.25, 0.3) is 0 Å². The topological polar surface area (TPSA) is 59.0 Å². The third-order valence-electron chi connectivity index (χ3n) is 3.45. The maximum atomic E-state index is 11.3. The Hall–Kier alpha value is -1.30. The van der Waals surface area contributed by atoms with Gasteiger partial charge in [0, 0.05) is 30.2 Å². The Balaban J connectivity index is 2.28. The van der Waals surface area contributed by atoms with Crippen LogP contribution in [0.5, 0.6) is 5.75 Å². The Bertz CT molecular complexity index is 525. The predicted octanol–water partition coefficient (Wildman–Crippen LogP) is 2.66. The molecule has 1 aliphatic heterocycles. The van der Waals surface area contributed by atoms with Gasteiger partial charge in [0.15, 0.2) is 0 Å². The maximum absolute atomic E-state index is 11.3. The first-order valence-corrected chi connectivity index (χ1v) is 7.26. The van der Waals surface area contributed by atoms with Crippen LogP contribution in [-0.2, 0) is 11.3 Å². The van der Waals surface area contributed by atoms with Crippen LogP contribution in [0.15, 0.2) is 12.1 Å². The van der Waals surface area contributed by atoms with E-state index in [0.29, 0.717) is 17.3 Å². The van der Waals surface area contributed by atoms with E-state index in [1.807, 2.05) is 13.8 Å². The van der Waals surface area contributed by atoms with Gasteiger partial charge in [0.1, 0.15) is 11.3 Å². The monoisotopic (exact) mass is 313 g/mol. The molecule has 0 saturated carbocycles. The summed E-state index contributed by atoms with van der Waals surface area (Å²) >= 11 is 6.04. The van der Waals surface area contributed by atoms with E-state index in [2.05, 4.69) is 4.90 Å². The van der Waals surface area contributed by atoms with E-state index in [1.54, 1.807) is 6.07 Å². The number of hydrogen-bond donors (Lipinski definition) is 1. The molecule has 0 aliphatic carbocycles. The van der Waals surface area contributed by atoms with Gasteiger partial charge in [0.05, 0.1) is 19.3 Å². The van der Waals surface area contributed by atoms with Crippen LogP contribution in [0.2, 0.25) is 5.02 Å². The number of rotatable bonds is 4. The normalized spacial score (nSPS) is 23.0. The predicted molar refractivity (Wildman–Crippen MR) is 80.2 cm³/mol. The van der Waals surface area contributed by atoms with Crippen LogP contribution in [0, 0.1) is 0 Å². The van der Waals surface area contributed by atoms with Crippen molar-refractivity contribution in [3.63, 3.8) is 0 Å². The average Bonchev–Trinajstić information content (AvgIpc) is 2.36. The van der Waals surface area contributed by atoms with Gasteiger partial charge in [-0.25, -0.2) is 4.79 Å². The summed E-state index contributed by atoms with van der Waals surface area (Å²) in [5, 5.41) is 9.66. The van der Waals surface area contributed by atoms with Crippen molar-refractivity contribution < 1.29 is 19.4 Å². The number of carboxylic acids is 1. The van der Waals surface area contributed by atoms with E-state index in [1.165, 1.54) is 13.2 Å². The molecule has 0 spiro atoms. The van der Waals surface area contributed by atoms with Gasteiger partial charge in [0.2, 0.25) is 0 Å². The smallest absolute Gasteiger partial charge is 0.339 e. The van der Waals surface area contributed by atoms with Crippen LogP contribution in [-0.4, -0.2) is 48.4 Å². The van der Waals surface area contributed by atoms with Crippen LogP contribution in [0.1, 0.15) is 29.8 Å². The van der Waals surface area contributed by atoms with Crippen LogP contribution in [0.4, 0.5) is 0 Å². The second-order valence-electron chi connectivity index (χ2n) is 5.40. The Morgan fingerprint density at radius 3 is 2.57 bits per heavy atom. The van der Waals surface area contributed by atoms with Crippen molar-refractivity contribution in [2.75, 3.05) is 20.2 Å². The Morgan fingerprint density at radius 2 is 2.05 bits per heavy atom. The molecule has 1 aliphatic rings. The van der Waals surface area contributed by atoms with Crippen molar-refractivity contribution in [2.24, 2.45) is 0 Å². The molecule has 0 radical (unpaired) electrons. The maximum Gasteiger partial charge on any atom is 0.339 e. The van der Waals surface area contributed by atoms with Gasteiger partial charge in [-0.2, -0.15) is 0 Å². The Morgan fingerprint density at radius 1 is 1.43 bits per heavy atom. The zero-order valence-corrected chi connectivity index (χ0v) is 13.2. The van der Waals surface area contributed by atoms with Crippen LogP contribution in [0.3, 0.4) is 0 Å². The molecule has 6 heteroatoms. The molecule has 1 saturated heterocycles. The van der Waals surface area contributed by atoms with Crippen molar-refractivity contribution in [1.29, 1.82) is 0 Å². The van der Waals surface area contributed by atoms with Gasteiger partial charge in [-0.05, 0) is 26.0 Å². The highest BCUT2D eigenvalue weighted by atomic mass is 35.5. The number of halogens is 1. The molecule has 1 N–H and O–H groups in total. The molecule has 1 fully saturated rings. The first-order valence-electron chi connectivity index (χ1n) is 6.88. The number of aromatic carboxylic acids is 1. The number of carboxylic acid groups (broad SMARTS) is 1. The number of benzene rings is 1. The summed E-state index contributed by atoms with van der Waals surface area (Å²) in [6.07, 6.45) is 0.302. The standard InChI is InChI=1S/C15H20ClNO4/c1-9-6-17(7-10(2)21-9)8-11-4-12(16)5-13(15(18)19)14(11)20-3/h4-5,9-10H,6-8H2,1-3H3,(H,18,19). The summed E-state index contributed by atoms with van der Waals surface area (Å²) < 4.78 is 11.0. The SMILES string of the molecule is COc1c(CN2CC(C)OC(C)C2)cc(Cl)cc1C(=O)O. The second-order valence-corrected chi connectivity index (χ2v) is 5.84. The fourth-order valence-corrected chi connectivity index (χ4v) is 3.06. The van der Waals surface area contributed by atoms with Crippen molar-refractivity contribution in [3.8, 4) is 5.75 Å². The highest BCUT2D eigenvalue weighted by Crippen LogP contribution is 2.30. The number of hydrogen-bond acceptors (Lipinski definition) is 4. The molecule has 116 valence electrons. The first-order chi connectivity index (χ1) is 9.90. The summed E-state index contributed by atoms with van der Waals surface area (Å²) in [4.78, 5) is 13.5. The minimum absolute atomic E-state index is 0.0920. The van der Waals surface area contributed by atoms with E-state index in [0.717, 1.165) is 18.7 Å². The third-order valence-corrected chi connectivity index (χ3v) is 3.67. The molecule has 0 aromatic heterocycles. The van der Waals surface area contributed by atoms with Crippen LogP contribution >= 0.6 is 11.6 Å². The largest absolute Gasteiger partial charge is 0.496 e. The highest BCUT2D eigenvalue weighted by molar-refractivity contribution is 6.31. The third kappa shape index (κ3) is 3.87. The molecule has 1 heterocycles. The number of nitrogens with zero attached hydrogens (tertiary/aromatic N) is 1. The molecule has 1 aromatic rings. The quantitative estimate of drug-likeness (QED) is 0.926. The minimum Gasteiger partial charge on any atom is -0.496 e. The lowest BCUT2D eigenvalue weighted by Crippen LogP contribution is -2.44. The van der Waals surface area contributed by atoms with Gasteiger partial charge in [-0.3, -0.25) is 4.90 Å². The average molecular weight is 314 g/mol. The first kappa shape index (κ1) is 16.1. The lowest BCUT2D eigenvalue weighted by atomic mass is 10.1. The summed E-state index contributed by atoms with van der Waals surface area (Å²) in [6.45, 7) is 6.23. The molecule has 1 aromatic carbocycles. The second kappa shape index (κ2) is 6.64. The molecule has 5 nitrogen and oxygen atoms in total. The number of ether oxygens (including phenoxy) is 2. The summed E-state index contributed by atoms with van der Waals surface area (Å²) in [5.74, 6) is -0.669. The summed E-state index contributed by atoms with van der Waals surface area (Å²) in [6, 6.07) is 3.18. The van der Waals surface area contributed by atoms with Gasteiger partial charge >= 0.3 is 5.97 Å². The lowest BCUT2D eigenvalue weighted by molar-refractivity contribution is -0.0706. The molecule has 2 rings (SSSR count). The molecule has 0 amide bonds. The highest BCUT2D eigenvalue weighted by Gasteiger charge is 2.24. The van der Waals surface area contributed by atoms with E-state index in [4.69, 9.17) is 21.1 Å². The molecular weight excluding hydrogens is 294 g/mol.